The Balaban J connectivity index is 1.89. The van der Waals surface area contributed by atoms with Gasteiger partial charge in [-0.05, 0) is 36.4 Å². The number of amides is 1. The molecule has 0 aromatic heterocycles. The number of rotatable bonds is 8. The van der Waals surface area contributed by atoms with Crippen molar-refractivity contribution in [3.05, 3.63) is 83.9 Å². The van der Waals surface area contributed by atoms with Crippen LogP contribution in [0.5, 0.6) is 23.0 Å². The lowest BCUT2D eigenvalue weighted by molar-refractivity contribution is -0.112. The second kappa shape index (κ2) is 10.6. The molecule has 3 aromatic rings. The molecule has 0 aliphatic rings. The third-order valence-corrected chi connectivity index (χ3v) is 4.21. The molecule has 0 unspecified atom stereocenters. The molecule has 0 saturated carbocycles. The second-order valence-electron chi connectivity index (χ2n) is 6.29. The zero-order valence-corrected chi connectivity index (χ0v) is 16.9. The van der Waals surface area contributed by atoms with Gasteiger partial charge in [-0.3, -0.25) is 4.79 Å². The molecular weight excluding hydrogens is 418 g/mol. The number of carbonyl (C=O) groups is 1. The maximum atomic E-state index is 12.8. The predicted octanol–water partition coefficient (Wildman–Crippen LogP) is 5.63. The van der Waals surface area contributed by atoms with E-state index in [0.29, 0.717) is 17.2 Å². The van der Waals surface area contributed by atoms with Crippen molar-refractivity contribution in [1.29, 1.82) is 5.26 Å². The van der Waals surface area contributed by atoms with Gasteiger partial charge in [0.25, 0.3) is 5.91 Å². The molecule has 0 radical (unpaired) electrons. The Labute approximate surface area is 183 Å². The van der Waals surface area contributed by atoms with E-state index in [9.17, 15) is 18.8 Å². The molecule has 1 amide bonds. The van der Waals surface area contributed by atoms with Gasteiger partial charge in [0, 0.05) is 5.56 Å². The third-order valence-electron chi connectivity index (χ3n) is 4.21. The zero-order chi connectivity index (χ0) is 22.9. The minimum absolute atomic E-state index is 0.0401. The van der Waals surface area contributed by atoms with Crippen molar-refractivity contribution in [3.8, 4) is 29.1 Å². The number of halogens is 2. The van der Waals surface area contributed by atoms with Gasteiger partial charge in [-0.2, -0.15) is 14.0 Å². The molecule has 0 aliphatic heterocycles. The van der Waals surface area contributed by atoms with Crippen LogP contribution >= 0.6 is 0 Å². The van der Waals surface area contributed by atoms with Crippen molar-refractivity contribution >= 4 is 17.7 Å². The fourth-order valence-corrected chi connectivity index (χ4v) is 2.79. The first-order valence-corrected chi connectivity index (χ1v) is 9.38. The number of benzene rings is 3. The summed E-state index contributed by atoms with van der Waals surface area (Å²) in [5, 5.41) is 12.1. The molecule has 0 aliphatic carbocycles. The van der Waals surface area contributed by atoms with Gasteiger partial charge >= 0.3 is 6.61 Å². The van der Waals surface area contributed by atoms with Crippen molar-refractivity contribution in [2.75, 3.05) is 12.4 Å². The molecule has 32 heavy (non-hydrogen) atoms. The minimum atomic E-state index is -3.11. The third kappa shape index (κ3) is 5.61. The van der Waals surface area contributed by atoms with E-state index in [1.807, 2.05) is 6.07 Å². The molecule has 0 atom stereocenters. The van der Waals surface area contributed by atoms with Crippen LogP contribution in [0.1, 0.15) is 5.56 Å². The van der Waals surface area contributed by atoms with Crippen LogP contribution in [0, 0.1) is 11.3 Å². The van der Waals surface area contributed by atoms with Crippen molar-refractivity contribution in [3.63, 3.8) is 0 Å². The highest BCUT2D eigenvalue weighted by Gasteiger charge is 2.18. The number of nitrogens with zero attached hydrogens (tertiary/aromatic N) is 1. The Hall–Kier alpha value is -4.38. The van der Waals surface area contributed by atoms with E-state index in [2.05, 4.69) is 10.1 Å². The maximum Gasteiger partial charge on any atom is 0.387 e. The van der Waals surface area contributed by atoms with Gasteiger partial charge < -0.3 is 19.5 Å². The first-order chi connectivity index (χ1) is 15.5. The number of para-hydroxylation sites is 4. The number of anilines is 1. The van der Waals surface area contributed by atoms with E-state index in [0.717, 1.165) is 6.08 Å². The van der Waals surface area contributed by atoms with Gasteiger partial charge in [0.2, 0.25) is 0 Å². The Morgan fingerprint density at radius 1 is 1.00 bits per heavy atom. The molecule has 0 bridgehead atoms. The summed E-state index contributed by atoms with van der Waals surface area (Å²) in [5.41, 5.74) is 0.0919. The summed E-state index contributed by atoms with van der Waals surface area (Å²) >= 11 is 0. The number of nitriles is 1. The zero-order valence-electron chi connectivity index (χ0n) is 16.9. The standard InChI is InChI=1S/C24H18F2N2O4/c1-30-21-13-7-8-16(22(21)32-24(25)26)14-17(15-27)23(29)28-19-11-5-6-12-20(19)31-18-9-3-2-4-10-18/h2-14,24H,1H3,(H,28,29)/b17-14+. The summed E-state index contributed by atoms with van der Waals surface area (Å²) in [6.07, 6.45) is 1.15. The number of nitrogens with one attached hydrogen (secondary N) is 1. The number of ether oxygens (including phenoxy) is 3. The Bertz CT molecular complexity index is 1160. The molecule has 6 nitrogen and oxygen atoms in total. The monoisotopic (exact) mass is 436 g/mol. The summed E-state index contributed by atoms with van der Waals surface area (Å²) in [6.45, 7) is -3.11. The van der Waals surface area contributed by atoms with Crippen LogP contribution < -0.4 is 19.5 Å². The first-order valence-electron chi connectivity index (χ1n) is 9.38. The van der Waals surface area contributed by atoms with Gasteiger partial charge in [0.15, 0.2) is 17.2 Å². The molecule has 1 N–H and O–H groups in total. The summed E-state index contributed by atoms with van der Waals surface area (Å²) in [6, 6.07) is 21.8. The molecule has 0 spiro atoms. The van der Waals surface area contributed by atoms with Gasteiger partial charge in [-0.1, -0.05) is 42.5 Å². The fraction of sp³-hybridized carbons (Fsp3) is 0.0833. The highest BCUT2D eigenvalue weighted by molar-refractivity contribution is 6.10. The van der Waals surface area contributed by atoms with E-state index in [4.69, 9.17) is 9.47 Å². The van der Waals surface area contributed by atoms with Crippen molar-refractivity contribution < 1.29 is 27.8 Å². The van der Waals surface area contributed by atoms with Gasteiger partial charge in [0.1, 0.15) is 17.4 Å². The first kappa shape index (κ1) is 22.3. The average molecular weight is 436 g/mol. The van der Waals surface area contributed by atoms with Gasteiger partial charge in [-0.15, -0.1) is 0 Å². The number of carbonyl (C=O) groups excluding carboxylic acids is 1. The SMILES string of the molecule is COc1cccc(/C=C(\C#N)C(=O)Nc2ccccc2Oc2ccccc2)c1OC(F)F. The molecular formula is C24H18F2N2O4. The van der Waals surface area contributed by atoms with Crippen LogP contribution in [-0.4, -0.2) is 19.6 Å². The van der Waals surface area contributed by atoms with E-state index >= 15 is 0 Å². The van der Waals surface area contributed by atoms with Crippen LogP contribution in [0.3, 0.4) is 0 Å². The van der Waals surface area contributed by atoms with Crippen LogP contribution in [0.15, 0.2) is 78.4 Å². The molecule has 8 heteroatoms. The van der Waals surface area contributed by atoms with Crippen molar-refractivity contribution in [2.45, 2.75) is 6.61 Å². The van der Waals surface area contributed by atoms with Crippen molar-refractivity contribution in [2.24, 2.45) is 0 Å². The Kier molecular flexibility index (Phi) is 7.38. The summed E-state index contributed by atoms with van der Waals surface area (Å²) in [5.74, 6) is -0.0537. The lowest BCUT2D eigenvalue weighted by Crippen LogP contribution is -2.14. The number of hydrogen-bond acceptors (Lipinski definition) is 5. The van der Waals surface area contributed by atoms with E-state index < -0.39 is 12.5 Å². The van der Waals surface area contributed by atoms with E-state index in [-0.39, 0.29) is 22.6 Å². The molecule has 0 saturated heterocycles. The highest BCUT2D eigenvalue weighted by Crippen LogP contribution is 2.34. The summed E-state index contributed by atoms with van der Waals surface area (Å²) < 4.78 is 41.1. The van der Waals surface area contributed by atoms with Crippen LogP contribution in [0.4, 0.5) is 14.5 Å². The topological polar surface area (TPSA) is 80.6 Å². The molecule has 0 heterocycles. The fourth-order valence-electron chi connectivity index (χ4n) is 2.79. The molecule has 0 fully saturated rings. The molecule has 162 valence electrons. The van der Waals surface area contributed by atoms with E-state index in [1.54, 1.807) is 54.6 Å². The van der Waals surface area contributed by atoms with Gasteiger partial charge in [-0.25, -0.2) is 0 Å². The number of alkyl halides is 2. The minimum Gasteiger partial charge on any atom is -0.493 e. The lowest BCUT2D eigenvalue weighted by Gasteiger charge is -2.13. The normalized spacial score (nSPS) is 10.9. The molecule has 3 rings (SSSR count). The predicted molar refractivity (Wildman–Crippen MR) is 115 cm³/mol. The Morgan fingerprint density at radius 3 is 2.38 bits per heavy atom. The second-order valence-corrected chi connectivity index (χ2v) is 6.29. The molecule has 3 aromatic carbocycles. The highest BCUT2D eigenvalue weighted by atomic mass is 19.3. The summed E-state index contributed by atoms with van der Waals surface area (Å²) in [7, 11) is 1.29. The number of methoxy groups -OCH3 is 1. The van der Waals surface area contributed by atoms with Crippen LogP contribution in [-0.2, 0) is 4.79 Å². The van der Waals surface area contributed by atoms with Gasteiger partial charge in [0.05, 0.1) is 12.8 Å². The smallest absolute Gasteiger partial charge is 0.387 e. The Morgan fingerprint density at radius 2 is 1.69 bits per heavy atom. The number of hydrogen-bond donors (Lipinski definition) is 1. The maximum absolute atomic E-state index is 12.8. The summed E-state index contributed by atoms with van der Waals surface area (Å²) in [4.78, 5) is 12.8. The average Bonchev–Trinajstić information content (AvgIpc) is 2.79. The van der Waals surface area contributed by atoms with Crippen LogP contribution in [0.25, 0.3) is 6.08 Å². The van der Waals surface area contributed by atoms with E-state index in [1.165, 1.54) is 25.3 Å². The lowest BCUT2D eigenvalue weighted by atomic mass is 10.1. The quantitative estimate of drug-likeness (QED) is 0.365. The van der Waals surface area contributed by atoms with Crippen LogP contribution in [0.2, 0.25) is 0 Å². The largest absolute Gasteiger partial charge is 0.493 e. The van der Waals surface area contributed by atoms with Crippen molar-refractivity contribution in [1.82, 2.24) is 0 Å².